The first-order valence-electron chi connectivity index (χ1n) is 4.29. The minimum atomic E-state index is -0.116. The van der Waals surface area contributed by atoms with Gasteiger partial charge in [0, 0.05) is 19.9 Å². The van der Waals surface area contributed by atoms with Gasteiger partial charge in [-0.1, -0.05) is 11.3 Å². The monoisotopic (exact) mass is 209 g/mol. The van der Waals surface area contributed by atoms with Crippen LogP contribution in [0.15, 0.2) is 18.3 Å². The number of pyridine rings is 1. The van der Waals surface area contributed by atoms with Crippen LogP contribution >= 0.6 is 11.3 Å². The van der Waals surface area contributed by atoms with E-state index in [1.807, 2.05) is 12.1 Å². The largest absolute Gasteiger partial charge is 0.373 e. The van der Waals surface area contributed by atoms with Crippen molar-refractivity contribution in [1.29, 1.82) is 0 Å². The number of nitrogens with two attached hydrogens (primary N) is 1. The van der Waals surface area contributed by atoms with Gasteiger partial charge in [-0.05, 0) is 12.1 Å². The zero-order valence-corrected chi connectivity index (χ0v) is 8.62. The second-order valence-electron chi connectivity index (χ2n) is 2.84. The molecule has 0 saturated carbocycles. The second kappa shape index (κ2) is 4.00. The molecule has 1 unspecified atom stereocenters. The lowest BCUT2D eigenvalue weighted by Crippen LogP contribution is -2.13. The van der Waals surface area contributed by atoms with Crippen LogP contribution in [0.4, 0.5) is 0 Å². The molecule has 4 nitrogen and oxygen atoms in total. The molecule has 2 aromatic heterocycles. The van der Waals surface area contributed by atoms with Crippen molar-refractivity contribution < 1.29 is 4.74 Å². The molecule has 5 heteroatoms. The highest BCUT2D eigenvalue weighted by molar-refractivity contribution is 7.18. The van der Waals surface area contributed by atoms with Gasteiger partial charge in [-0.15, -0.1) is 0 Å². The van der Waals surface area contributed by atoms with Crippen LogP contribution in [0.25, 0.3) is 10.3 Å². The quantitative estimate of drug-likeness (QED) is 0.828. The summed E-state index contributed by atoms with van der Waals surface area (Å²) in [6.45, 7) is 0.441. The molecule has 14 heavy (non-hydrogen) atoms. The Labute approximate surface area is 85.7 Å². The molecule has 0 aliphatic heterocycles. The molecule has 1 atom stereocenters. The summed E-state index contributed by atoms with van der Waals surface area (Å²) in [5.41, 5.74) is 6.46. The predicted molar refractivity (Wildman–Crippen MR) is 56.2 cm³/mol. The van der Waals surface area contributed by atoms with Gasteiger partial charge in [-0.3, -0.25) is 0 Å². The predicted octanol–water partition coefficient (Wildman–Crippen LogP) is 1.34. The molecule has 0 aliphatic carbocycles. The number of ether oxygens (including phenoxy) is 1. The lowest BCUT2D eigenvalue weighted by molar-refractivity contribution is 0.110. The van der Waals surface area contributed by atoms with Gasteiger partial charge in [-0.2, -0.15) is 0 Å². The zero-order valence-electron chi connectivity index (χ0n) is 7.80. The lowest BCUT2D eigenvalue weighted by Gasteiger charge is -2.07. The molecule has 0 saturated heterocycles. The van der Waals surface area contributed by atoms with Crippen LogP contribution in [0.2, 0.25) is 0 Å². The maximum Gasteiger partial charge on any atom is 0.143 e. The van der Waals surface area contributed by atoms with E-state index in [9.17, 15) is 0 Å². The van der Waals surface area contributed by atoms with Crippen LogP contribution in [0, 0.1) is 0 Å². The smallest absolute Gasteiger partial charge is 0.143 e. The van der Waals surface area contributed by atoms with Crippen molar-refractivity contribution in [3.05, 3.63) is 23.3 Å². The van der Waals surface area contributed by atoms with Crippen LogP contribution < -0.4 is 5.73 Å². The average Bonchev–Trinajstić information content (AvgIpc) is 2.63. The maximum atomic E-state index is 5.56. The summed E-state index contributed by atoms with van der Waals surface area (Å²) in [5.74, 6) is 0. The summed E-state index contributed by atoms with van der Waals surface area (Å²) in [7, 11) is 1.64. The van der Waals surface area contributed by atoms with E-state index in [0.717, 1.165) is 15.4 Å². The molecule has 2 heterocycles. The highest BCUT2D eigenvalue weighted by Crippen LogP contribution is 2.25. The van der Waals surface area contributed by atoms with E-state index in [-0.39, 0.29) is 6.10 Å². The number of methoxy groups -OCH3 is 1. The number of nitrogens with zero attached hydrogens (tertiary/aromatic N) is 2. The number of thiazole rings is 1. The van der Waals surface area contributed by atoms with Crippen LogP contribution in [-0.2, 0) is 4.74 Å². The van der Waals surface area contributed by atoms with Crippen molar-refractivity contribution in [3.63, 3.8) is 0 Å². The Kier molecular flexibility index (Phi) is 2.72. The Balaban J connectivity index is 2.43. The van der Waals surface area contributed by atoms with Crippen molar-refractivity contribution in [3.8, 4) is 0 Å². The number of hydrogen-bond acceptors (Lipinski definition) is 5. The fraction of sp³-hybridized carbons (Fsp3) is 0.333. The molecule has 74 valence electrons. The molecule has 0 spiro atoms. The molecule has 2 aromatic rings. The molecule has 2 N–H and O–H groups in total. The molecule has 0 fully saturated rings. The molecule has 0 amide bonds. The van der Waals surface area contributed by atoms with Crippen molar-refractivity contribution in [2.45, 2.75) is 6.10 Å². The Morgan fingerprint density at radius 2 is 2.50 bits per heavy atom. The van der Waals surface area contributed by atoms with E-state index in [1.54, 1.807) is 13.3 Å². The fourth-order valence-corrected chi connectivity index (χ4v) is 2.22. The molecular formula is C9H11N3OS. The van der Waals surface area contributed by atoms with Gasteiger partial charge in [0.2, 0.25) is 0 Å². The van der Waals surface area contributed by atoms with Crippen molar-refractivity contribution >= 4 is 21.7 Å². The first kappa shape index (κ1) is 9.51. The molecule has 2 rings (SSSR count). The first-order valence-corrected chi connectivity index (χ1v) is 5.11. The van der Waals surface area contributed by atoms with Crippen LogP contribution in [0.1, 0.15) is 11.1 Å². The summed E-state index contributed by atoms with van der Waals surface area (Å²) in [5, 5.41) is 0.892. The maximum absolute atomic E-state index is 5.56. The van der Waals surface area contributed by atoms with E-state index >= 15 is 0 Å². The average molecular weight is 209 g/mol. The van der Waals surface area contributed by atoms with Gasteiger partial charge in [0.25, 0.3) is 0 Å². The van der Waals surface area contributed by atoms with Crippen molar-refractivity contribution in [2.75, 3.05) is 13.7 Å². The molecule has 0 radical (unpaired) electrons. The summed E-state index contributed by atoms with van der Waals surface area (Å²) in [6.07, 6.45) is 1.64. The fourth-order valence-electron chi connectivity index (χ4n) is 1.22. The van der Waals surface area contributed by atoms with Gasteiger partial charge in [0.05, 0.1) is 0 Å². The number of hydrogen-bond donors (Lipinski definition) is 1. The third kappa shape index (κ3) is 1.61. The third-order valence-corrected chi connectivity index (χ3v) is 3.03. The highest BCUT2D eigenvalue weighted by atomic mass is 32.1. The van der Waals surface area contributed by atoms with E-state index in [1.165, 1.54) is 11.3 Å². The summed E-state index contributed by atoms with van der Waals surface area (Å²) >= 11 is 1.53. The van der Waals surface area contributed by atoms with E-state index in [0.29, 0.717) is 6.54 Å². The second-order valence-corrected chi connectivity index (χ2v) is 3.85. The van der Waals surface area contributed by atoms with E-state index in [4.69, 9.17) is 10.5 Å². The molecular weight excluding hydrogens is 198 g/mol. The standard InChI is InChI=1S/C9H11N3OS/c1-13-7(5-10)9-12-6-3-2-4-11-8(6)14-9/h2-4,7H,5,10H2,1H3. The zero-order chi connectivity index (χ0) is 9.97. The van der Waals surface area contributed by atoms with E-state index in [2.05, 4.69) is 9.97 Å². The normalized spacial score (nSPS) is 13.3. The van der Waals surface area contributed by atoms with Crippen LogP contribution in [-0.4, -0.2) is 23.6 Å². The number of fused-ring (bicyclic) bond motifs is 1. The Morgan fingerprint density at radius 1 is 1.64 bits per heavy atom. The lowest BCUT2D eigenvalue weighted by atomic mass is 10.4. The SMILES string of the molecule is COC(CN)c1nc2cccnc2s1. The highest BCUT2D eigenvalue weighted by Gasteiger charge is 2.13. The topological polar surface area (TPSA) is 61.0 Å². The molecule has 0 aliphatic rings. The van der Waals surface area contributed by atoms with Gasteiger partial charge >= 0.3 is 0 Å². The van der Waals surface area contributed by atoms with Crippen LogP contribution in [0.3, 0.4) is 0 Å². The molecule has 0 aromatic carbocycles. The summed E-state index contributed by atoms with van der Waals surface area (Å²) < 4.78 is 5.21. The van der Waals surface area contributed by atoms with Crippen LogP contribution in [0.5, 0.6) is 0 Å². The third-order valence-electron chi connectivity index (χ3n) is 1.96. The van der Waals surface area contributed by atoms with Gasteiger partial charge in [0.1, 0.15) is 21.5 Å². The summed E-state index contributed by atoms with van der Waals surface area (Å²) in [6, 6.07) is 3.81. The van der Waals surface area contributed by atoms with Crippen molar-refractivity contribution in [2.24, 2.45) is 5.73 Å². The number of rotatable bonds is 3. The minimum absolute atomic E-state index is 0.116. The first-order chi connectivity index (χ1) is 6.85. The Morgan fingerprint density at radius 3 is 3.14 bits per heavy atom. The van der Waals surface area contributed by atoms with Gasteiger partial charge in [-0.25, -0.2) is 9.97 Å². The minimum Gasteiger partial charge on any atom is -0.373 e. The summed E-state index contributed by atoms with van der Waals surface area (Å²) in [4.78, 5) is 9.55. The van der Waals surface area contributed by atoms with Gasteiger partial charge < -0.3 is 10.5 Å². The van der Waals surface area contributed by atoms with Gasteiger partial charge in [0.15, 0.2) is 0 Å². The number of aromatic nitrogens is 2. The van der Waals surface area contributed by atoms with Crippen molar-refractivity contribution in [1.82, 2.24) is 9.97 Å². The Bertz CT molecular complexity index is 392. The molecule has 0 bridgehead atoms. The Hall–Kier alpha value is -1.04. The van der Waals surface area contributed by atoms with E-state index < -0.39 is 0 Å².